The summed E-state index contributed by atoms with van der Waals surface area (Å²) >= 11 is 1.67. The Morgan fingerprint density at radius 2 is 1.79 bits per heavy atom. The average Bonchev–Trinajstić information content (AvgIpc) is 3.06. The molecule has 0 amide bonds. The molecule has 2 aliphatic rings. The standard InChI is InChI=1S/C20H30N4O3S2/c1-4-13-29(26,27)23-11-9-22(10-12-23)20-21-18-17(19(25)24(20)14(2)3)15-7-5-6-8-16(15)28-18/h14H,4-13H2,1-3H3. The number of hydrogen-bond acceptors (Lipinski definition) is 6. The van der Waals surface area contributed by atoms with Crippen molar-refractivity contribution in [3.05, 3.63) is 20.8 Å². The zero-order valence-electron chi connectivity index (χ0n) is 17.5. The Morgan fingerprint density at radius 3 is 2.45 bits per heavy atom. The maximum absolute atomic E-state index is 13.5. The summed E-state index contributed by atoms with van der Waals surface area (Å²) in [5.74, 6) is 0.873. The smallest absolute Gasteiger partial charge is 0.264 e. The van der Waals surface area contributed by atoms with Crippen LogP contribution < -0.4 is 10.5 Å². The molecule has 160 valence electrons. The quantitative estimate of drug-likeness (QED) is 0.718. The number of nitrogens with zero attached hydrogens (tertiary/aromatic N) is 4. The van der Waals surface area contributed by atoms with Crippen molar-refractivity contribution in [2.45, 2.75) is 58.9 Å². The fourth-order valence-electron chi connectivity index (χ4n) is 4.45. The molecule has 0 bridgehead atoms. The predicted octanol–water partition coefficient (Wildman–Crippen LogP) is 2.78. The number of rotatable bonds is 5. The van der Waals surface area contributed by atoms with Crippen molar-refractivity contribution in [2.24, 2.45) is 0 Å². The molecule has 29 heavy (non-hydrogen) atoms. The van der Waals surface area contributed by atoms with Gasteiger partial charge in [0.2, 0.25) is 16.0 Å². The van der Waals surface area contributed by atoms with E-state index in [-0.39, 0.29) is 17.4 Å². The molecule has 4 rings (SSSR count). The Hall–Kier alpha value is -1.45. The minimum Gasteiger partial charge on any atom is -0.339 e. The number of thiophene rings is 1. The van der Waals surface area contributed by atoms with Crippen molar-refractivity contribution >= 4 is 37.5 Å². The van der Waals surface area contributed by atoms with Crippen LogP contribution in [-0.4, -0.2) is 54.2 Å². The maximum Gasteiger partial charge on any atom is 0.264 e. The molecule has 0 radical (unpaired) electrons. The third-order valence-electron chi connectivity index (χ3n) is 5.90. The van der Waals surface area contributed by atoms with E-state index < -0.39 is 10.0 Å². The van der Waals surface area contributed by atoms with Gasteiger partial charge in [-0.05, 0) is 51.5 Å². The van der Waals surface area contributed by atoms with E-state index >= 15 is 0 Å². The van der Waals surface area contributed by atoms with E-state index in [1.165, 1.54) is 16.9 Å². The minimum absolute atomic E-state index is 0.00426. The fourth-order valence-corrected chi connectivity index (χ4v) is 7.19. The number of aryl methyl sites for hydroxylation is 2. The second-order valence-electron chi connectivity index (χ2n) is 8.27. The highest BCUT2D eigenvalue weighted by Gasteiger charge is 2.30. The van der Waals surface area contributed by atoms with Gasteiger partial charge in [-0.1, -0.05) is 6.92 Å². The Kier molecular flexibility index (Phi) is 5.74. The van der Waals surface area contributed by atoms with E-state index in [0.717, 1.165) is 29.5 Å². The Morgan fingerprint density at radius 1 is 1.10 bits per heavy atom. The molecular weight excluding hydrogens is 408 g/mol. The molecule has 2 aromatic rings. The van der Waals surface area contributed by atoms with Crippen LogP contribution in [0.2, 0.25) is 0 Å². The molecule has 2 aromatic heterocycles. The number of aromatic nitrogens is 2. The van der Waals surface area contributed by atoms with Gasteiger partial charge in [0, 0.05) is 37.1 Å². The van der Waals surface area contributed by atoms with Crippen LogP contribution in [0.5, 0.6) is 0 Å². The van der Waals surface area contributed by atoms with Gasteiger partial charge in [-0.3, -0.25) is 9.36 Å². The van der Waals surface area contributed by atoms with Crippen molar-refractivity contribution in [1.29, 1.82) is 0 Å². The summed E-state index contributed by atoms with van der Waals surface area (Å²) < 4.78 is 28.1. The highest BCUT2D eigenvalue weighted by Crippen LogP contribution is 2.35. The molecule has 1 fully saturated rings. The largest absolute Gasteiger partial charge is 0.339 e. The predicted molar refractivity (Wildman–Crippen MR) is 119 cm³/mol. The SMILES string of the molecule is CCCS(=O)(=O)N1CCN(c2nc3sc4c(c3c(=O)n2C(C)C)CCCC4)CC1. The first-order valence-corrected chi connectivity index (χ1v) is 13.1. The second-order valence-corrected chi connectivity index (χ2v) is 11.4. The normalized spacial score (nSPS) is 18.6. The van der Waals surface area contributed by atoms with Crippen LogP contribution in [0.3, 0.4) is 0 Å². The monoisotopic (exact) mass is 438 g/mol. The summed E-state index contributed by atoms with van der Waals surface area (Å²) in [7, 11) is -3.19. The fraction of sp³-hybridized carbons (Fsp3) is 0.700. The van der Waals surface area contributed by atoms with Gasteiger partial charge < -0.3 is 4.90 Å². The van der Waals surface area contributed by atoms with Crippen LogP contribution in [0.25, 0.3) is 10.2 Å². The van der Waals surface area contributed by atoms with Gasteiger partial charge >= 0.3 is 0 Å². The van der Waals surface area contributed by atoms with Gasteiger partial charge in [-0.15, -0.1) is 11.3 Å². The highest BCUT2D eigenvalue weighted by atomic mass is 32.2. The number of fused-ring (bicyclic) bond motifs is 3. The van der Waals surface area contributed by atoms with E-state index in [1.54, 1.807) is 20.2 Å². The number of sulfonamides is 1. The van der Waals surface area contributed by atoms with E-state index in [4.69, 9.17) is 4.98 Å². The van der Waals surface area contributed by atoms with Crippen molar-refractivity contribution in [3.8, 4) is 0 Å². The number of anilines is 1. The summed E-state index contributed by atoms with van der Waals surface area (Å²) in [6.07, 6.45) is 4.95. The topological polar surface area (TPSA) is 75.5 Å². The lowest BCUT2D eigenvalue weighted by Crippen LogP contribution is -2.50. The van der Waals surface area contributed by atoms with Crippen molar-refractivity contribution in [3.63, 3.8) is 0 Å². The van der Waals surface area contributed by atoms with E-state index in [2.05, 4.69) is 4.90 Å². The van der Waals surface area contributed by atoms with Crippen molar-refractivity contribution in [2.75, 3.05) is 36.8 Å². The van der Waals surface area contributed by atoms with Crippen LogP contribution in [-0.2, 0) is 22.9 Å². The summed E-state index contributed by atoms with van der Waals surface area (Å²) in [5, 5.41) is 0.811. The third kappa shape index (κ3) is 3.72. The lowest BCUT2D eigenvalue weighted by molar-refractivity contribution is 0.378. The Bertz CT molecular complexity index is 1060. The molecule has 0 aromatic carbocycles. The maximum atomic E-state index is 13.5. The van der Waals surface area contributed by atoms with Gasteiger partial charge in [0.05, 0.1) is 11.1 Å². The zero-order valence-corrected chi connectivity index (χ0v) is 19.1. The average molecular weight is 439 g/mol. The first kappa shape index (κ1) is 20.8. The van der Waals surface area contributed by atoms with Gasteiger partial charge in [0.25, 0.3) is 5.56 Å². The molecule has 0 saturated carbocycles. The summed E-state index contributed by atoms with van der Waals surface area (Å²) in [6, 6.07) is -0.00426. The molecule has 1 saturated heterocycles. The number of hydrogen-bond donors (Lipinski definition) is 0. The molecule has 3 heterocycles. The van der Waals surface area contributed by atoms with Crippen LogP contribution in [0, 0.1) is 0 Å². The minimum atomic E-state index is -3.19. The van der Waals surface area contributed by atoms with Crippen LogP contribution in [0.4, 0.5) is 5.95 Å². The second kappa shape index (κ2) is 8.00. The van der Waals surface area contributed by atoms with Crippen LogP contribution >= 0.6 is 11.3 Å². The zero-order chi connectivity index (χ0) is 20.8. The molecule has 1 aliphatic carbocycles. The van der Waals surface area contributed by atoms with E-state index in [1.807, 2.05) is 20.8 Å². The highest BCUT2D eigenvalue weighted by molar-refractivity contribution is 7.89. The van der Waals surface area contributed by atoms with Gasteiger partial charge in [0.15, 0.2) is 0 Å². The molecule has 1 aliphatic heterocycles. The van der Waals surface area contributed by atoms with Crippen LogP contribution in [0.1, 0.15) is 56.5 Å². The molecule has 0 N–H and O–H groups in total. The lowest BCUT2D eigenvalue weighted by Gasteiger charge is -2.36. The Balaban J connectivity index is 1.71. The molecule has 0 atom stereocenters. The molecule has 9 heteroatoms. The summed E-state index contributed by atoms with van der Waals surface area (Å²) in [4.78, 5) is 22.7. The van der Waals surface area contributed by atoms with Crippen molar-refractivity contribution < 1.29 is 8.42 Å². The van der Waals surface area contributed by atoms with Gasteiger partial charge in [0.1, 0.15) is 4.83 Å². The van der Waals surface area contributed by atoms with E-state index in [0.29, 0.717) is 38.5 Å². The number of piperazine rings is 1. The van der Waals surface area contributed by atoms with E-state index in [9.17, 15) is 13.2 Å². The lowest BCUT2D eigenvalue weighted by atomic mass is 9.97. The third-order valence-corrected chi connectivity index (χ3v) is 9.16. The summed E-state index contributed by atoms with van der Waals surface area (Å²) in [6.45, 7) is 7.90. The van der Waals surface area contributed by atoms with Gasteiger partial charge in [-0.2, -0.15) is 4.31 Å². The van der Waals surface area contributed by atoms with Gasteiger partial charge in [-0.25, -0.2) is 13.4 Å². The Labute approximate surface area is 176 Å². The molecule has 7 nitrogen and oxygen atoms in total. The first-order chi connectivity index (χ1) is 13.8. The molecule has 0 spiro atoms. The first-order valence-electron chi connectivity index (χ1n) is 10.6. The molecule has 0 unspecified atom stereocenters. The van der Waals surface area contributed by atoms with Crippen molar-refractivity contribution in [1.82, 2.24) is 13.9 Å². The summed E-state index contributed by atoms with van der Waals surface area (Å²) in [5.41, 5.74) is 1.27. The van der Waals surface area contributed by atoms with Crippen LogP contribution in [0.15, 0.2) is 4.79 Å². The molecular formula is C20H30N4O3S2.